The molecule has 12 nitrogen and oxygen atoms in total. The standard InChI is InChI=1S/C37H52N6O6/c1-24(49-20-26-11-13-28(48-5)14-12-26)31(33(45)38-4)40-32(44)30-19-41(21-37(30)22-42(23-37)35(47)29-15-36(29,2)3)34(46)27-16-39-43(18-27)17-25-9-7-6-8-10-25/h6-10,16,18,24,26,28-31H,11-15,17,19-23H2,1-5H3,(H,38,45)(H,40,44)/t24-,26?,28?,29-,30+,31+/m1/s1. The van der Waals surface area contributed by atoms with Crippen molar-refractivity contribution >= 4 is 23.6 Å². The normalized spacial score (nSPS) is 26.5. The van der Waals surface area contributed by atoms with E-state index < -0.39 is 23.5 Å². The molecule has 4 amide bonds. The smallest absolute Gasteiger partial charge is 0.257 e. The first-order chi connectivity index (χ1) is 23.4. The zero-order chi connectivity index (χ0) is 34.9. The predicted octanol–water partition coefficient (Wildman–Crippen LogP) is 2.72. The Balaban J connectivity index is 1.14. The van der Waals surface area contributed by atoms with E-state index >= 15 is 0 Å². The molecular formula is C37H52N6O6. The third kappa shape index (κ3) is 7.55. The predicted molar refractivity (Wildman–Crippen MR) is 182 cm³/mol. The van der Waals surface area contributed by atoms with E-state index in [4.69, 9.17) is 9.47 Å². The summed E-state index contributed by atoms with van der Waals surface area (Å²) in [7, 11) is 3.29. The van der Waals surface area contributed by atoms with Crippen LogP contribution < -0.4 is 10.6 Å². The van der Waals surface area contributed by atoms with Crippen LogP contribution in [0.15, 0.2) is 42.7 Å². The van der Waals surface area contributed by atoms with Gasteiger partial charge in [0.25, 0.3) is 5.91 Å². The summed E-state index contributed by atoms with van der Waals surface area (Å²) in [6, 6.07) is 8.99. The number of benzene rings is 1. The molecule has 2 saturated carbocycles. The van der Waals surface area contributed by atoms with Gasteiger partial charge >= 0.3 is 0 Å². The first kappa shape index (κ1) is 35.1. The lowest BCUT2D eigenvalue weighted by atomic mass is 9.70. The summed E-state index contributed by atoms with van der Waals surface area (Å²) in [5.74, 6) is -0.965. The molecule has 4 aliphatic rings. The number of likely N-dealkylation sites (N-methyl/N-ethyl adjacent to an activating group) is 1. The molecule has 4 atom stereocenters. The quantitative estimate of drug-likeness (QED) is 0.353. The Morgan fingerprint density at radius 2 is 1.67 bits per heavy atom. The molecule has 266 valence electrons. The van der Waals surface area contributed by atoms with E-state index in [1.807, 2.05) is 42.2 Å². The number of hydrogen-bond donors (Lipinski definition) is 2. The lowest BCUT2D eigenvalue weighted by molar-refractivity contribution is -0.152. The number of aromatic nitrogens is 2. The summed E-state index contributed by atoms with van der Waals surface area (Å²) < 4.78 is 13.4. The van der Waals surface area contributed by atoms with Gasteiger partial charge in [0, 0.05) is 64.5 Å². The molecular weight excluding hydrogens is 624 g/mol. The van der Waals surface area contributed by atoms with E-state index in [1.165, 1.54) is 0 Å². The number of nitrogens with one attached hydrogen (secondary N) is 2. The molecule has 4 fully saturated rings. The maximum absolute atomic E-state index is 14.2. The van der Waals surface area contributed by atoms with Crippen molar-refractivity contribution in [3.05, 3.63) is 53.9 Å². The Bertz CT molecular complexity index is 1510. The largest absolute Gasteiger partial charge is 0.381 e. The number of likely N-dealkylation sites (tertiary alicyclic amines) is 2. The molecule has 2 aromatic rings. The Labute approximate surface area is 289 Å². The Hall–Kier alpha value is -3.77. The van der Waals surface area contributed by atoms with Gasteiger partial charge in [-0.1, -0.05) is 44.2 Å². The van der Waals surface area contributed by atoms with Gasteiger partial charge in [0.1, 0.15) is 6.04 Å². The molecule has 2 aliphatic heterocycles. The van der Waals surface area contributed by atoms with Crippen molar-refractivity contribution < 1.29 is 28.7 Å². The first-order valence-corrected chi connectivity index (χ1v) is 17.7. The Morgan fingerprint density at radius 3 is 2.31 bits per heavy atom. The van der Waals surface area contributed by atoms with Crippen molar-refractivity contribution in [2.75, 3.05) is 46.9 Å². The van der Waals surface area contributed by atoms with E-state index in [-0.39, 0.29) is 47.6 Å². The molecule has 6 rings (SSSR count). The summed E-state index contributed by atoms with van der Waals surface area (Å²) in [5.41, 5.74) is 0.908. The van der Waals surface area contributed by atoms with Gasteiger partial charge in [-0.15, -0.1) is 0 Å². The number of nitrogens with zero attached hydrogens (tertiary/aromatic N) is 4. The van der Waals surface area contributed by atoms with Crippen LogP contribution in [0.3, 0.4) is 0 Å². The third-order valence-electron chi connectivity index (χ3n) is 11.5. The van der Waals surface area contributed by atoms with Gasteiger partial charge in [-0.3, -0.25) is 23.9 Å². The molecule has 12 heteroatoms. The average Bonchev–Trinajstić information content (AvgIpc) is 3.39. The zero-order valence-electron chi connectivity index (χ0n) is 29.5. The van der Waals surface area contributed by atoms with Crippen LogP contribution in [0.25, 0.3) is 0 Å². The molecule has 3 heterocycles. The number of ether oxygens (including phenoxy) is 2. The molecule has 0 bridgehead atoms. The first-order valence-electron chi connectivity index (χ1n) is 17.7. The fourth-order valence-electron chi connectivity index (χ4n) is 8.02. The highest BCUT2D eigenvalue weighted by atomic mass is 16.5. The van der Waals surface area contributed by atoms with Crippen LogP contribution in [0.1, 0.15) is 68.8 Å². The van der Waals surface area contributed by atoms with Crippen molar-refractivity contribution in [3.63, 3.8) is 0 Å². The van der Waals surface area contributed by atoms with E-state index in [2.05, 4.69) is 29.6 Å². The van der Waals surface area contributed by atoms with Gasteiger partial charge in [-0.05, 0) is 55.9 Å². The molecule has 49 heavy (non-hydrogen) atoms. The lowest BCUT2D eigenvalue weighted by Crippen LogP contribution is -2.65. The van der Waals surface area contributed by atoms with Crippen LogP contribution >= 0.6 is 0 Å². The number of carbonyl (C=O) groups excluding carboxylic acids is 4. The summed E-state index contributed by atoms with van der Waals surface area (Å²) in [6.45, 7) is 8.37. The van der Waals surface area contributed by atoms with Gasteiger partial charge < -0.3 is 29.9 Å². The number of methoxy groups -OCH3 is 1. The fourth-order valence-corrected chi connectivity index (χ4v) is 8.02. The van der Waals surface area contributed by atoms with Crippen molar-refractivity contribution in [1.82, 2.24) is 30.2 Å². The van der Waals surface area contributed by atoms with Gasteiger partial charge in [-0.2, -0.15) is 5.10 Å². The van der Waals surface area contributed by atoms with Crippen molar-refractivity contribution in [3.8, 4) is 0 Å². The molecule has 2 N–H and O–H groups in total. The number of amides is 4. The minimum Gasteiger partial charge on any atom is -0.381 e. The van der Waals surface area contributed by atoms with Crippen LogP contribution in [0.2, 0.25) is 0 Å². The maximum Gasteiger partial charge on any atom is 0.257 e. The molecule has 1 spiro atoms. The number of hydrogen-bond acceptors (Lipinski definition) is 7. The average molecular weight is 677 g/mol. The van der Waals surface area contributed by atoms with Crippen LogP contribution in [0.5, 0.6) is 0 Å². The molecule has 2 aliphatic carbocycles. The Morgan fingerprint density at radius 1 is 1.00 bits per heavy atom. The Kier molecular flexibility index (Phi) is 10.2. The summed E-state index contributed by atoms with van der Waals surface area (Å²) >= 11 is 0. The van der Waals surface area contributed by atoms with Gasteiger partial charge in [0.2, 0.25) is 17.7 Å². The molecule has 1 aromatic carbocycles. The minimum absolute atomic E-state index is 0.00577. The van der Waals surface area contributed by atoms with Crippen LogP contribution in [0, 0.1) is 28.6 Å². The van der Waals surface area contributed by atoms with Gasteiger partial charge in [0.15, 0.2) is 0 Å². The van der Waals surface area contributed by atoms with Gasteiger partial charge in [0.05, 0.1) is 36.4 Å². The van der Waals surface area contributed by atoms with Crippen molar-refractivity contribution in [2.45, 2.75) is 77.7 Å². The number of rotatable bonds is 12. The molecule has 2 saturated heterocycles. The highest BCUT2D eigenvalue weighted by Crippen LogP contribution is 2.54. The molecule has 0 unspecified atom stereocenters. The second-order valence-electron chi connectivity index (χ2n) is 15.5. The highest BCUT2D eigenvalue weighted by Gasteiger charge is 2.62. The van der Waals surface area contributed by atoms with Crippen molar-refractivity contribution in [1.29, 1.82) is 0 Å². The second kappa shape index (κ2) is 14.2. The van der Waals surface area contributed by atoms with E-state index in [0.717, 1.165) is 37.7 Å². The second-order valence-corrected chi connectivity index (χ2v) is 15.5. The van der Waals surface area contributed by atoms with E-state index in [0.29, 0.717) is 44.3 Å². The van der Waals surface area contributed by atoms with Crippen molar-refractivity contribution in [2.24, 2.45) is 28.6 Å². The highest BCUT2D eigenvalue weighted by molar-refractivity contribution is 5.95. The van der Waals surface area contributed by atoms with Crippen LogP contribution in [0.4, 0.5) is 0 Å². The van der Waals surface area contributed by atoms with E-state index in [9.17, 15) is 19.2 Å². The topological polar surface area (TPSA) is 135 Å². The summed E-state index contributed by atoms with van der Waals surface area (Å²) in [4.78, 5) is 58.0. The van der Waals surface area contributed by atoms with E-state index in [1.54, 1.807) is 36.1 Å². The monoisotopic (exact) mass is 676 g/mol. The molecule has 0 radical (unpaired) electrons. The zero-order valence-corrected chi connectivity index (χ0v) is 29.5. The summed E-state index contributed by atoms with van der Waals surface area (Å²) in [5, 5.41) is 10.1. The third-order valence-corrected chi connectivity index (χ3v) is 11.5. The van der Waals surface area contributed by atoms with Gasteiger partial charge in [-0.25, -0.2) is 0 Å². The molecule has 1 aromatic heterocycles. The SMILES string of the molecule is CNC(=O)[C@@H](NC(=O)[C@@H]1CN(C(=O)c2cnn(Cc3ccccc3)c2)CC12CN(C(=O)[C@H]1CC1(C)C)C2)[C@@H](C)OCC1CCC(OC)CC1. The summed E-state index contributed by atoms with van der Waals surface area (Å²) in [6.07, 6.45) is 7.85. The maximum atomic E-state index is 14.2. The van der Waals surface area contributed by atoms with Crippen LogP contribution in [-0.4, -0.2) is 108 Å². The van der Waals surface area contributed by atoms with Crippen LogP contribution in [-0.2, 0) is 30.4 Å². The lowest BCUT2D eigenvalue weighted by Gasteiger charge is -2.50. The minimum atomic E-state index is -0.907. The number of carbonyl (C=O) groups is 4. The fraction of sp³-hybridized carbons (Fsp3) is 0.649.